The van der Waals surface area contributed by atoms with Crippen LogP contribution in [0.1, 0.15) is 50.1 Å². The van der Waals surface area contributed by atoms with Gasteiger partial charge in [0.15, 0.2) is 0 Å². The first-order valence-corrected chi connectivity index (χ1v) is 7.67. The Hall–Kier alpha value is -1.45. The zero-order valence-electron chi connectivity index (χ0n) is 11.9. The molecule has 1 heterocycles. The Morgan fingerprint density at radius 1 is 1.25 bits per heavy atom. The summed E-state index contributed by atoms with van der Waals surface area (Å²) in [6.45, 7) is 0. The first-order chi connectivity index (χ1) is 9.86. The van der Waals surface area contributed by atoms with Gasteiger partial charge in [-0.15, -0.1) is 0 Å². The SMILES string of the molecule is NNC(CCC1CCCC1)c1ccc2cccnc2c1. The second-order valence-corrected chi connectivity index (χ2v) is 5.90. The minimum absolute atomic E-state index is 0.238. The van der Waals surface area contributed by atoms with Crippen molar-refractivity contribution in [3.8, 4) is 0 Å². The molecular formula is C17H23N3. The van der Waals surface area contributed by atoms with E-state index in [2.05, 4.69) is 34.7 Å². The molecule has 1 saturated carbocycles. The highest BCUT2D eigenvalue weighted by Gasteiger charge is 2.18. The van der Waals surface area contributed by atoms with Crippen molar-refractivity contribution < 1.29 is 0 Å². The van der Waals surface area contributed by atoms with Gasteiger partial charge in [0, 0.05) is 17.6 Å². The number of nitrogens with zero attached hydrogens (tertiary/aromatic N) is 1. The molecule has 2 aromatic rings. The van der Waals surface area contributed by atoms with Crippen LogP contribution >= 0.6 is 0 Å². The highest BCUT2D eigenvalue weighted by molar-refractivity contribution is 5.78. The van der Waals surface area contributed by atoms with Gasteiger partial charge in [0.25, 0.3) is 0 Å². The van der Waals surface area contributed by atoms with Gasteiger partial charge in [0.2, 0.25) is 0 Å². The van der Waals surface area contributed by atoms with Gasteiger partial charge in [-0.1, -0.05) is 43.9 Å². The van der Waals surface area contributed by atoms with E-state index in [1.54, 1.807) is 0 Å². The van der Waals surface area contributed by atoms with E-state index < -0.39 is 0 Å². The maximum atomic E-state index is 5.76. The zero-order valence-corrected chi connectivity index (χ0v) is 11.9. The van der Waals surface area contributed by atoms with Crippen molar-refractivity contribution in [3.63, 3.8) is 0 Å². The minimum Gasteiger partial charge on any atom is -0.271 e. The molecule has 0 amide bonds. The van der Waals surface area contributed by atoms with Crippen LogP contribution in [-0.4, -0.2) is 4.98 Å². The lowest BCUT2D eigenvalue weighted by molar-refractivity contribution is 0.416. The summed E-state index contributed by atoms with van der Waals surface area (Å²) in [6, 6.07) is 10.8. The Balaban J connectivity index is 1.72. The predicted molar refractivity (Wildman–Crippen MR) is 83.0 cm³/mol. The van der Waals surface area contributed by atoms with E-state index in [0.717, 1.165) is 17.9 Å². The number of fused-ring (bicyclic) bond motifs is 1. The van der Waals surface area contributed by atoms with Crippen LogP contribution in [0.15, 0.2) is 36.5 Å². The summed E-state index contributed by atoms with van der Waals surface area (Å²) in [5.41, 5.74) is 5.27. The fourth-order valence-corrected chi connectivity index (χ4v) is 3.35. The van der Waals surface area contributed by atoms with E-state index in [4.69, 9.17) is 5.84 Å². The Morgan fingerprint density at radius 3 is 2.90 bits per heavy atom. The molecule has 1 fully saturated rings. The van der Waals surface area contributed by atoms with E-state index >= 15 is 0 Å². The fourth-order valence-electron chi connectivity index (χ4n) is 3.35. The van der Waals surface area contributed by atoms with Crippen molar-refractivity contribution in [2.75, 3.05) is 0 Å². The van der Waals surface area contributed by atoms with Crippen molar-refractivity contribution in [2.45, 2.75) is 44.6 Å². The Bertz CT molecular complexity index is 561. The Kier molecular flexibility index (Phi) is 4.28. The third kappa shape index (κ3) is 3.00. The normalized spacial score (nSPS) is 17.6. The van der Waals surface area contributed by atoms with Gasteiger partial charge in [0.05, 0.1) is 5.52 Å². The summed E-state index contributed by atoms with van der Waals surface area (Å²) in [6.07, 6.45) is 9.84. The maximum Gasteiger partial charge on any atom is 0.0705 e. The van der Waals surface area contributed by atoms with Gasteiger partial charge >= 0.3 is 0 Å². The summed E-state index contributed by atoms with van der Waals surface area (Å²) >= 11 is 0. The number of hydrogen-bond acceptors (Lipinski definition) is 3. The second-order valence-electron chi connectivity index (χ2n) is 5.90. The monoisotopic (exact) mass is 269 g/mol. The number of hydrogen-bond donors (Lipinski definition) is 2. The molecule has 3 nitrogen and oxygen atoms in total. The smallest absolute Gasteiger partial charge is 0.0705 e. The van der Waals surface area contributed by atoms with Gasteiger partial charge in [-0.3, -0.25) is 16.3 Å². The molecule has 1 aromatic carbocycles. The van der Waals surface area contributed by atoms with Crippen LogP contribution in [0.2, 0.25) is 0 Å². The van der Waals surface area contributed by atoms with Crippen molar-refractivity contribution in [3.05, 3.63) is 42.1 Å². The quantitative estimate of drug-likeness (QED) is 0.642. The summed E-state index contributed by atoms with van der Waals surface area (Å²) in [5.74, 6) is 6.67. The third-order valence-electron chi connectivity index (χ3n) is 4.57. The van der Waals surface area contributed by atoms with E-state index in [1.807, 2.05) is 12.3 Å². The number of rotatable bonds is 5. The van der Waals surface area contributed by atoms with Gasteiger partial charge < -0.3 is 0 Å². The molecule has 1 aliphatic carbocycles. The maximum absolute atomic E-state index is 5.76. The number of hydrazine groups is 1. The molecule has 1 unspecified atom stereocenters. The Morgan fingerprint density at radius 2 is 2.10 bits per heavy atom. The van der Waals surface area contributed by atoms with Crippen LogP contribution in [0, 0.1) is 5.92 Å². The molecular weight excluding hydrogens is 246 g/mol. The molecule has 0 aliphatic heterocycles. The molecule has 0 bridgehead atoms. The second kappa shape index (κ2) is 6.33. The molecule has 0 saturated heterocycles. The van der Waals surface area contributed by atoms with Gasteiger partial charge in [-0.25, -0.2) is 0 Å². The van der Waals surface area contributed by atoms with Gasteiger partial charge in [-0.05, 0) is 36.5 Å². The van der Waals surface area contributed by atoms with Crippen LogP contribution in [0.25, 0.3) is 10.9 Å². The van der Waals surface area contributed by atoms with E-state index in [0.29, 0.717) is 0 Å². The highest BCUT2D eigenvalue weighted by atomic mass is 15.2. The molecule has 3 heteroatoms. The predicted octanol–water partition coefficient (Wildman–Crippen LogP) is 3.71. The van der Waals surface area contributed by atoms with Crippen LogP contribution in [0.3, 0.4) is 0 Å². The lowest BCUT2D eigenvalue weighted by Gasteiger charge is -2.19. The van der Waals surface area contributed by atoms with E-state index in [1.165, 1.54) is 43.1 Å². The summed E-state index contributed by atoms with van der Waals surface area (Å²) in [4.78, 5) is 4.43. The first kappa shape index (κ1) is 13.5. The van der Waals surface area contributed by atoms with Crippen LogP contribution in [-0.2, 0) is 0 Å². The van der Waals surface area contributed by atoms with Crippen LogP contribution in [0.5, 0.6) is 0 Å². The lowest BCUT2D eigenvalue weighted by Crippen LogP contribution is -2.28. The van der Waals surface area contributed by atoms with Crippen LogP contribution in [0.4, 0.5) is 0 Å². The van der Waals surface area contributed by atoms with E-state index in [9.17, 15) is 0 Å². The van der Waals surface area contributed by atoms with Crippen molar-refractivity contribution in [2.24, 2.45) is 11.8 Å². The van der Waals surface area contributed by atoms with E-state index in [-0.39, 0.29) is 6.04 Å². The minimum atomic E-state index is 0.238. The first-order valence-electron chi connectivity index (χ1n) is 7.67. The van der Waals surface area contributed by atoms with Gasteiger partial charge in [0.1, 0.15) is 0 Å². The summed E-state index contributed by atoms with van der Waals surface area (Å²) in [5, 5.41) is 1.18. The molecule has 1 aliphatic rings. The molecule has 20 heavy (non-hydrogen) atoms. The molecule has 0 spiro atoms. The van der Waals surface area contributed by atoms with Crippen molar-refractivity contribution in [1.82, 2.24) is 10.4 Å². The number of nitrogens with one attached hydrogen (secondary N) is 1. The number of benzene rings is 1. The molecule has 1 aromatic heterocycles. The summed E-state index contributed by atoms with van der Waals surface area (Å²) in [7, 11) is 0. The highest BCUT2D eigenvalue weighted by Crippen LogP contribution is 2.31. The van der Waals surface area contributed by atoms with Crippen molar-refractivity contribution in [1.29, 1.82) is 0 Å². The number of nitrogens with two attached hydrogens (primary N) is 1. The third-order valence-corrected chi connectivity index (χ3v) is 4.57. The molecule has 0 radical (unpaired) electrons. The largest absolute Gasteiger partial charge is 0.271 e. The fraction of sp³-hybridized carbons (Fsp3) is 0.471. The average molecular weight is 269 g/mol. The van der Waals surface area contributed by atoms with Gasteiger partial charge in [-0.2, -0.15) is 0 Å². The average Bonchev–Trinajstić information content (AvgIpc) is 3.01. The molecule has 1 atom stereocenters. The van der Waals surface area contributed by atoms with Crippen molar-refractivity contribution >= 4 is 10.9 Å². The topological polar surface area (TPSA) is 50.9 Å². The number of pyridine rings is 1. The number of aromatic nitrogens is 1. The standard InChI is InChI=1S/C17H23N3/c18-20-16(10-7-13-4-1-2-5-13)15-9-8-14-6-3-11-19-17(14)12-15/h3,6,8-9,11-13,16,20H,1-2,4-5,7,10,18H2. The summed E-state index contributed by atoms with van der Waals surface area (Å²) < 4.78 is 0. The Labute approximate surface area is 120 Å². The lowest BCUT2D eigenvalue weighted by atomic mass is 9.94. The zero-order chi connectivity index (χ0) is 13.8. The molecule has 106 valence electrons. The molecule has 3 N–H and O–H groups in total. The van der Waals surface area contributed by atoms with Crippen LogP contribution < -0.4 is 11.3 Å². The molecule has 3 rings (SSSR count).